The van der Waals surface area contributed by atoms with Gasteiger partial charge in [-0.05, 0) is 12.1 Å². The second-order valence-corrected chi connectivity index (χ2v) is 3.57. The van der Waals surface area contributed by atoms with Crippen molar-refractivity contribution in [3.63, 3.8) is 0 Å². The van der Waals surface area contributed by atoms with Crippen molar-refractivity contribution in [1.82, 2.24) is 9.97 Å². The number of nitrogens with zero attached hydrogens (tertiary/aromatic N) is 2. The first-order valence-electron chi connectivity index (χ1n) is 5.24. The molecule has 2 rings (SSSR count). The first-order valence-corrected chi connectivity index (χ1v) is 5.24. The number of aromatic amines is 1. The Morgan fingerprint density at radius 2 is 2.39 bits per heavy atom. The molecule has 7 nitrogen and oxygen atoms in total. The van der Waals surface area contributed by atoms with Crippen molar-refractivity contribution in [2.75, 3.05) is 12.4 Å². The fourth-order valence-corrected chi connectivity index (χ4v) is 1.52. The Morgan fingerprint density at radius 3 is 3.00 bits per heavy atom. The molecule has 0 aliphatic carbocycles. The minimum atomic E-state index is -0.472. The lowest BCUT2D eigenvalue weighted by Crippen LogP contribution is -2.01. The van der Waals surface area contributed by atoms with E-state index in [9.17, 15) is 10.1 Å². The second kappa shape index (κ2) is 5.17. The second-order valence-electron chi connectivity index (χ2n) is 3.57. The number of aromatic nitrogens is 2. The third kappa shape index (κ3) is 2.57. The van der Waals surface area contributed by atoms with Crippen molar-refractivity contribution in [2.24, 2.45) is 0 Å². The molecule has 7 heteroatoms. The highest BCUT2D eigenvalue weighted by Crippen LogP contribution is 2.29. The van der Waals surface area contributed by atoms with Crippen LogP contribution in [0.25, 0.3) is 0 Å². The van der Waals surface area contributed by atoms with Crippen LogP contribution in [0.4, 0.5) is 11.4 Å². The smallest absolute Gasteiger partial charge is 0.312 e. The van der Waals surface area contributed by atoms with Crippen LogP contribution in [-0.4, -0.2) is 22.0 Å². The van der Waals surface area contributed by atoms with Crippen molar-refractivity contribution in [3.05, 3.63) is 46.5 Å². The van der Waals surface area contributed by atoms with E-state index in [1.165, 1.54) is 13.2 Å². The van der Waals surface area contributed by atoms with Crippen LogP contribution in [0, 0.1) is 10.1 Å². The number of hydrogen-bond acceptors (Lipinski definition) is 5. The molecular weight excluding hydrogens is 236 g/mol. The molecule has 0 amide bonds. The predicted octanol–water partition coefficient (Wildman–Crippen LogP) is 1.94. The fourth-order valence-electron chi connectivity index (χ4n) is 1.52. The van der Waals surface area contributed by atoms with E-state index in [0.717, 1.165) is 5.69 Å². The Bertz CT molecular complexity index is 539. The van der Waals surface area contributed by atoms with E-state index in [-0.39, 0.29) is 11.4 Å². The Balaban J connectivity index is 2.14. The van der Waals surface area contributed by atoms with E-state index >= 15 is 0 Å². The number of H-pyrrole nitrogens is 1. The summed E-state index contributed by atoms with van der Waals surface area (Å²) in [7, 11) is 1.40. The molecule has 1 aromatic carbocycles. The van der Waals surface area contributed by atoms with Gasteiger partial charge in [0.15, 0.2) is 5.75 Å². The lowest BCUT2D eigenvalue weighted by Gasteiger charge is -2.06. The zero-order valence-electron chi connectivity index (χ0n) is 9.71. The minimum absolute atomic E-state index is 0.0629. The molecule has 2 aromatic rings. The molecule has 18 heavy (non-hydrogen) atoms. The van der Waals surface area contributed by atoms with E-state index in [1.54, 1.807) is 24.7 Å². The zero-order valence-corrected chi connectivity index (χ0v) is 9.71. The van der Waals surface area contributed by atoms with E-state index in [0.29, 0.717) is 12.2 Å². The van der Waals surface area contributed by atoms with Gasteiger partial charge in [-0.25, -0.2) is 4.98 Å². The maximum Gasteiger partial charge on any atom is 0.312 e. The Labute approximate surface area is 103 Å². The van der Waals surface area contributed by atoms with Crippen LogP contribution in [0.1, 0.15) is 5.69 Å². The average molecular weight is 248 g/mol. The van der Waals surface area contributed by atoms with Crippen LogP contribution in [0.15, 0.2) is 30.7 Å². The molecule has 1 aromatic heterocycles. The lowest BCUT2D eigenvalue weighted by atomic mass is 10.2. The van der Waals surface area contributed by atoms with Crippen molar-refractivity contribution in [1.29, 1.82) is 0 Å². The minimum Gasteiger partial charge on any atom is -0.490 e. The summed E-state index contributed by atoms with van der Waals surface area (Å²) >= 11 is 0. The SMILES string of the molecule is COc1ccc(NCc2cnc[nH]2)cc1[N+](=O)[O-]. The zero-order chi connectivity index (χ0) is 13.0. The number of anilines is 1. The summed E-state index contributed by atoms with van der Waals surface area (Å²) in [5.41, 5.74) is 1.48. The van der Waals surface area contributed by atoms with Gasteiger partial charge in [0.05, 0.1) is 30.6 Å². The molecule has 2 N–H and O–H groups in total. The Hall–Kier alpha value is -2.57. The summed E-state index contributed by atoms with van der Waals surface area (Å²) in [6, 6.07) is 4.73. The summed E-state index contributed by atoms with van der Waals surface area (Å²) in [6.07, 6.45) is 3.26. The molecule has 0 atom stereocenters. The van der Waals surface area contributed by atoms with Crippen LogP contribution in [0.3, 0.4) is 0 Å². The monoisotopic (exact) mass is 248 g/mol. The largest absolute Gasteiger partial charge is 0.490 e. The van der Waals surface area contributed by atoms with Crippen LogP contribution in [0.2, 0.25) is 0 Å². The highest BCUT2D eigenvalue weighted by Gasteiger charge is 2.14. The topological polar surface area (TPSA) is 93.1 Å². The highest BCUT2D eigenvalue weighted by molar-refractivity contribution is 5.58. The summed E-state index contributed by atoms with van der Waals surface area (Å²) in [4.78, 5) is 17.2. The van der Waals surface area contributed by atoms with Crippen molar-refractivity contribution >= 4 is 11.4 Å². The van der Waals surface area contributed by atoms with Crippen LogP contribution in [0.5, 0.6) is 5.75 Å². The number of rotatable bonds is 5. The molecule has 0 bridgehead atoms. The molecule has 0 unspecified atom stereocenters. The van der Waals surface area contributed by atoms with Gasteiger partial charge in [-0.2, -0.15) is 0 Å². The number of nitro groups is 1. The van der Waals surface area contributed by atoms with Gasteiger partial charge in [0.2, 0.25) is 0 Å². The number of nitro benzene ring substituents is 1. The summed E-state index contributed by atoms with van der Waals surface area (Å²) in [6.45, 7) is 0.517. The Morgan fingerprint density at radius 1 is 1.56 bits per heavy atom. The number of imidazole rings is 1. The molecule has 0 spiro atoms. The van der Waals surface area contributed by atoms with E-state index in [2.05, 4.69) is 15.3 Å². The van der Waals surface area contributed by atoms with Crippen LogP contribution in [-0.2, 0) is 6.54 Å². The molecule has 0 fully saturated rings. The molecule has 94 valence electrons. The normalized spacial score (nSPS) is 10.1. The van der Waals surface area contributed by atoms with Gasteiger partial charge >= 0.3 is 5.69 Å². The van der Waals surface area contributed by atoms with Gasteiger partial charge in [-0.3, -0.25) is 10.1 Å². The molecule has 0 radical (unpaired) electrons. The third-order valence-electron chi connectivity index (χ3n) is 2.41. The van der Waals surface area contributed by atoms with Crippen LogP contribution < -0.4 is 10.1 Å². The first kappa shape index (κ1) is 11.9. The molecular formula is C11H12N4O3. The van der Waals surface area contributed by atoms with Crippen molar-refractivity contribution < 1.29 is 9.66 Å². The van der Waals surface area contributed by atoms with E-state index in [1.807, 2.05) is 0 Å². The van der Waals surface area contributed by atoms with Gasteiger partial charge in [-0.15, -0.1) is 0 Å². The van der Waals surface area contributed by atoms with Crippen molar-refractivity contribution in [2.45, 2.75) is 6.54 Å². The maximum absolute atomic E-state index is 10.8. The van der Waals surface area contributed by atoms with E-state index < -0.39 is 4.92 Å². The summed E-state index contributed by atoms with van der Waals surface area (Å²) in [5, 5.41) is 13.9. The quantitative estimate of drug-likeness (QED) is 0.623. The number of hydrogen-bond donors (Lipinski definition) is 2. The van der Waals surface area contributed by atoms with E-state index in [4.69, 9.17) is 4.74 Å². The van der Waals surface area contributed by atoms with Crippen LogP contribution >= 0.6 is 0 Å². The molecule has 0 aliphatic heterocycles. The molecule has 0 saturated heterocycles. The van der Waals surface area contributed by atoms with Gasteiger partial charge in [0.25, 0.3) is 0 Å². The number of ether oxygens (including phenoxy) is 1. The molecule has 1 heterocycles. The average Bonchev–Trinajstić information content (AvgIpc) is 2.89. The lowest BCUT2D eigenvalue weighted by molar-refractivity contribution is -0.385. The third-order valence-corrected chi connectivity index (χ3v) is 2.41. The van der Waals surface area contributed by atoms with Gasteiger partial charge in [0.1, 0.15) is 0 Å². The maximum atomic E-state index is 10.8. The first-order chi connectivity index (χ1) is 8.70. The number of benzene rings is 1. The standard InChI is InChI=1S/C11H12N4O3/c1-18-11-3-2-8(4-10(11)15(16)17)13-6-9-5-12-7-14-9/h2-5,7,13H,6H2,1H3,(H,12,14). The number of methoxy groups -OCH3 is 1. The predicted molar refractivity (Wildman–Crippen MR) is 65.6 cm³/mol. The fraction of sp³-hybridized carbons (Fsp3) is 0.182. The highest BCUT2D eigenvalue weighted by atomic mass is 16.6. The summed E-state index contributed by atoms with van der Waals surface area (Å²) in [5.74, 6) is 0.243. The molecule has 0 aliphatic rings. The van der Waals surface area contributed by atoms with Gasteiger partial charge in [0, 0.05) is 18.0 Å². The Kier molecular flexibility index (Phi) is 3.42. The van der Waals surface area contributed by atoms with Gasteiger partial charge < -0.3 is 15.0 Å². The molecule has 0 saturated carbocycles. The van der Waals surface area contributed by atoms with Gasteiger partial charge in [-0.1, -0.05) is 0 Å². The summed E-state index contributed by atoms with van der Waals surface area (Å²) < 4.78 is 4.93. The van der Waals surface area contributed by atoms with Crippen molar-refractivity contribution in [3.8, 4) is 5.75 Å². The number of nitrogens with one attached hydrogen (secondary N) is 2.